The van der Waals surface area contributed by atoms with Crippen molar-refractivity contribution in [3.63, 3.8) is 0 Å². The molecule has 0 bridgehead atoms. The smallest absolute Gasteiger partial charge is 0.248 e. The van der Waals surface area contributed by atoms with Gasteiger partial charge in [-0.15, -0.1) is 0 Å². The highest BCUT2D eigenvalue weighted by atomic mass is 16.1. The molecule has 0 radical (unpaired) electrons. The molecule has 0 aliphatic heterocycles. The minimum absolute atomic E-state index is 0.144. The molecule has 4 N–H and O–H groups in total. The molecule has 1 aliphatic rings. The lowest BCUT2D eigenvalue weighted by Gasteiger charge is -2.19. The summed E-state index contributed by atoms with van der Waals surface area (Å²) in [6.07, 6.45) is 5.93. The van der Waals surface area contributed by atoms with Gasteiger partial charge in [-0.05, 0) is 18.9 Å². The van der Waals surface area contributed by atoms with Crippen LogP contribution in [0.5, 0.6) is 0 Å². The lowest BCUT2D eigenvalue weighted by molar-refractivity contribution is 0.442. The van der Waals surface area contributed by atoms with Crippen LogP contribution in [0, 0.1) is 0 Å². The van der Waals surface area contributed by atoms with Crippen LogP contribution in [0.15, 0.2) is 28.0 Å². The molecule has 0 spiro atoms. The molecule has 92 valence electrons. The van der Waals surface area contributed by atoms with Gasteiger partial charge in [0, 0.05) is 6.07 Å². The van der Waals surface area contributed by atoms with Crippen LogP contribution < -0.4 is 16.8 Å². The maximum atomic E-state index is 11.2. The van der Waals surface area contributed by atoms with Gasteiger partial charge in [0.25, 0.3) is 0 Å². The Bertz CT molecular complexity index is 446. The van der Waals surface area contributed by atoms with Gasteiger partial charge in [-0.3, -0.25) is 9.79 Å². The number of amidine groups is 1. The molecule has 1 heterocycles. The Hall–Kier alpha value is -1.62. The van der Waals surface area contributed by atoms with Crippen molar-refractivity contribution in [1.82, 2.24) is 10.4 Å². The molecule has 1 aliphatic carbocycles. The van der Waals surface area contributed by atoms with E-state index in [4.69, 9.17) is 5.84 Å². The van der Waals surface area contributed by atoms with Gasteiger partial charge >= 0.3 is 0 Å². The van der Waals surface area contributed by atoms with Crippen molar-refractivity contribution in [2.75, 3.05) is 0 Å². The molecule has 0 saturated heterocycles. The molecule has 2 rings (SSSR count). The molecule has 1 aromatic rings. The van der Waals surface area contributed by atoms with Crippen LogP contribution in [-0.2, 0) is 0 Å². The van der Waals surface area contributed by atoms with Crippen molar-refractivity contribution < 1.29 is 0 Å². The molecule has 5 heteroatoms. The topological polar surface area (TPSA) is 83.3 Å². The fourth-order valence-corrected chi connectivity index (χ4v) is 2.16. The Kier molecular flexibility index (Phi) is 3.93. The van der Waals surface area contributed by atoms with Crippen molar-refractivity contribution >= 4 is 5.84 Å². The van der Waals surface area contributed by atoms with Gasteiger partial charge in [-0.25, -0.2) is 5.84 Å². The summed E-state index contributed by atoms with van der Waals surface area (Å²) in [5, 5.41) is 0. The molecule has 5 nitrogen and oxygen atoms in total. The highest BCUT2D eigenvalue weighted by Crippen LogP contribution is 2.20. The van der Waals surface area contributed by atoms with Gasteiger partial charge in [0.1, 0.15) is 0 Å². The number of hydrogen-bond donors (Lipinski definition) is 3. The third-order valence-electron chi connectivity index (χ3n) is 3.05. The second-order valence-corrected chi connectivity index (χ2v) is 4.34. The zero-order valence-electron chi connectivity index (χ0n) is 9.78. The van der Waals surface area contributed by atoms with Crippen LogP contribution in [0.4, 0.5) is 0 Å². The largest absolute Gasteiger partial charge is 0.319 e. The summed E-state index contributed by atoms with van der Waals surface area (Å²) in [5.41, 5.74) is 3.07. The van der Waals surface area contributed by atoms with E-state index in [0.717, 1.165) is 12.8 Å². The molecule has 0 unspecified atom stereocenters. The van der Waals surface area contributed by atoms with Gasteiger partial charge in [-0.1, -0.05) is 25.3 Å². The first-order valence-corrected chi connectivity index (χ1v) is 6.04. The number of rotatable bonds is 2. The average Bonchev–Trinajstić information content (AvgIpc) is 2.37. The maximum Gasteiger partial charge on any atom is 0.248 e. The summed E-state index contributed by atoms with van der Waals surface area (Å²) in [6, 6.07) is 5.28. The van der Waals surface area contributed by atoms with Crippen LogP contribution in [0.3, 0.4) is 0 Å². The Morgan fingerprint density at radius 1 is 1.35 bits per heavy atom. The zero-order valence-corrected chi connectivity index (χ0v) is 9.78. The van der Waals surface area contributed by atoms with Crippen molar-refractivity contribution in [1.29, 1.82) is 0 Å². The molecule has 1 aromatic heterocycles. The number of nitrogens with zero attached hydrogens (tertiary/aromatic N) is 1. The van der Waals surface area contributed by atoms with E-state index in [9.17, 15) is 4.79 Å². The second-order valence-electron chi connectivity index (χ2n) is 4.34. The fraction of sp³-hybridized carbons (Fsp3) is 0.500. The predicted octanol–water partition coefficient (Wildman–Crippen LogP) is 0.917. The zero-order chi connectivity index (χ0) is 12.1. The third kappa shape index (κ3) is 3.17. The van der Waals surface area contributed by atoms with Crippen LogP contribution in [0.25, 0.3) is 0 Å². The summed E-state index contributed by atoms with van der Waals surface area (Å²) >= 11 is 0. The summed E-state index contributed by atoms with van der Waals surface area (Å²) in [4.78, 5) is 18.5. The van der Waals surface area contributed by atoms with E-state index in [-0.39, 0.29) is 5.56 Å². The molecule has 17 heavy (non-hydrogen) atoms. The number of hydrogen-bond acceptors (Lipinski definition) is 3. The van der Waals surface area contributed by atoms with E-state index < -0.39 is 0 Å². The van der Waals surface area contributed by atoms with Crippen LogP contribution >= 0.6 is 0 Å². The lowest BCUT2D eigenvalue weighted by Crippen LogP contribution is -2.34. The average molecular weight is 234 g/mol. The fourth-order valence-electron chi connectivity index (χ4n) is 2.16. The maximum absolute atomic E-state index is 11.2. The SMILES string of the molecule is NNC(=NC1CCCCC1)c1cccc(=O)[nH]1. The first kappa shape index (κ1) is 11.9. The third-order valence-corrected chi connectivity index (χ3v) is 3.05. The van der Waals surface area contributed by atoms with Gasteiger partial charge in [-0.2, -0.15) is 0 Å². The van der Waals surface area contributed by atoms with E-state index in [0.29, 0.717) is 17.6 Å². The van der Waals surface area contributed by atoms with Gasteiger partial charge in [0.15, 0.2) is 5.84 Å². The number of aromatic amines is 1. The Morgan fingerprint density at radius 3 is 2.76 bits per heavy atom. The number of aliphatic imine (C=N–C) groups is 1. The molecule has 0 atom stereocenters. The molecule has 1 saturated carbocycles. The Balaban J connectivity index is 2.20. The molecule has 0 amide bonds. The normalized spacial score (nSPS) is 18.1. The molecular weight excluding hydrogens is 216 g/mol. The van der Waals surface area contributed by atoms with Crippen molar-refractivity contribution in [2.45, 2.75) is 38.1 Å². The summed E-state index contributed by atoms with van der Waals surface area (Å²) in [5.74, 6) is 6.03. The van der Waals surface area contributed by atoms with E-state index in [1.54, 1.807) is 12.1 Å². The number of nitrogens with two attached hydrogens (primary N) is 1. The van der Waals surface area contributed by atoms with E-state index in [1.165, 1.54) is 25.3 Å². The van der Waals surface area contributed by atoms with Crippen molar-refractivity contribution in [3.05, 3.63) is 34.2 Å². The van der Waals surface area contributed by atoms with Gasteiger partial charge in [0.2, 0.25) is 5.56 Å². The summed E-state index contributed by atoms with van der Waals surface area (Å²) in [7, 11) is 0. The first-order chi connectivity index (χ1) is 8.29. The number of hydrazine groups is 1. The second kappa shape index (κ2) is 5.63. The van der Waals surface area contributed by atoms with Gasteiger partial charge < -0.3 is 10.4 Å². The predicted molar refractivity (Wildman–Crippen MR) is 67.8 cm³/mol. The van der Waals surface area contributed by atoms with Gasteiger partial charge in [0.05, 0.1) is 11.7 Å². The van der Waals surface area contributed by atoms with Crippen LogP contribution in [0.1, 0.15) is 37.8 Å². The minimum Gasteiger partial charge on any atom is -0.319 e. The molecular formula is C12H18N4O. The number of pyridine rings is 1. The highest BCUT2D eigenvalue weighted by Gasteiger charge is 2.13. The molecule has 1 fully saturated rings. The standard InChI is InChI=1S/C12H18N4O/c13-16-12(10-7-4-8-11(17)15-10)14-9-5-2-1-3-6-9/h4,7-9H,1-3,5-6,13H2,(H,14,16)(H,15,17). The molecule has 0 aromatic carbocycles. The summed E-state index contributed by atoms with van der Waals surface area (Å²) in [6.45, 7) is 0. The number of nitrogens with one attached hydrogen (secondary N) is 2. The Morgan fingerprint density at radius 2 is 2.12 bits per heavy atom. The summed E-state index contributed by atoms with van der Waals surface area (Å²) < 4.78 is 0. The number of aromatic nitrogens is 1. The van der Waals surface area contributed by atoms with E-state index in [2.05, 4.69) is 15.4 Å². The number of H-pyrrole nitrogens is 1. The van der Waals surface area contributed by atoms with Crippen LogP contribution in [-0.4, -0.2) is 16.9 Å². The highest BCUT2D eigenvalue weighted by molar-refractivity contribution is 5.96. The monoisotopic (exact) mass is 234 g/mol. The lowest BCUT2D eigenvalue weighted by atomic mass is 9.96. The van der Waals surface area contributed by atoms with Crippen molar-refractivity contribution in [3.8, 4) is 0 Å². The first-order valence-electron chi connectivity index (χ1n) is 6.04. The van der Waals surface area contributed by atoms with E-state index in [1.807, 2.05) is 0 Å². The van der Waals surface area contributed by atoms with Crippen LogP contribution in [0.2, 0.25) is 0 Å². The van der Waals surface area contributed by atoms with Crippen molar-refractivity contribution in [2.24, 2.45) is 10.8 Å². The van der Waals surface area contributed by atoms with E-state index >= 15 is 0 Å². The minimum atomic E-state index is -0.144. The Labute approximate surface area is 100 Å². The quantitative estimate of drug-likeness (QED) is 0.308.